The van der Waals surface area contributed by atoms with Gasteiger partial charge in [0.1, 0.15) is 28.7 Å². The molecule has 3 aromatic rings. The van der Waals surface area contributed by atoms with Crippen molar-refractivity contribution in [2.24, 2.45) is 0 Å². The minimum absolute atomic E-state index is 0.125. The summed E-state index contributed by atoms with van der Waals surface area (Å²) in [4.78, 5) is 0. The number of fused-ring (bicyclic) bond motifs is 1. The molecule has 0 bridgehead atoms. The van der Waals surface area contributed by atoms with Gasteiger partial charge in [-0.15, -0.1) is 0 Å². The lowest BCUT2D eigenvalue weighted by Crippen LogP contribution is -2.40. The molecule has 0 aromatic heterocycles. The molecule has 5 rings (SSSR count). The second-order valence-electron chi connectivity index (χ2n) is 10.2. The SMILES string of the molecule is COc1ccc([C@@H]2O[C@H](CO)[C@H](c3cc(OC)c(OC)cc3F)[C@H](c3ccc4c(c3F)C=CC(C)(C)O4)O2)cc1. The fourth-order valence-corrected chi connectivity index (χ4v) is 5.18. The van der Waals surface area contributed by atoms with Crippen LogP contribution >= 0.6 is 0 Å². The maximum absolute atomic E-state index is 16.2. The minimum atomic E-state index is -1.06. The molecule has 2 heterocycles. The number of aliphatic hydroxyl groups excluding tert-OH is 1. The number of halogens is 2. The van der Waals surface area contributed by atoms with Gasteiger partial charge in [-0.2, -0.15) is 0 Å². The van der Waals surface area contributed by atoms with Crippen molar-refractivity contribution >= 4 is 6.08 Å². The fourth-order valence-electron chi connectivity index (χ4n) is 5.18. The standard InChI is InChI=1S/C31H32F2O7/c1-31(2)13-12-19-23(40-31)11-10-20(28(19)33)29-27(21-14-24(36-4)25(37-5)15-22(21)32)26(16-34)38-30(39-29)17-6-8-18(35-3)9-7-17/h6-15,26-27,29-30,34H,16H2,1-5H3/t26-,27+,29+,30-/m1/s1. The lowest BCUT2D eigenvalue weighted by molar-refractivity contribution is -0.267. The molecule has 7 nitrogen and oxygen atoms in total. The monoisotopic (exact) mass is 554 g/mol. The predicted octanol–water partition coefficient (Wildman–Crippen LogP) is 6.11. The Morgan fingerprint density at radius 2 is 1.57 bits per heavy atom. The van der Waals surface area contributed by atoms with E-state index in [1.807, 2.05) is 13.8 Å². The van der Waals surface area contributed by atoms with Crippen molar-refractivity contribution < 1.29 is 42.3 Å². The number of benzene rings is 3. The number of hydrogen-bond acceptors (Lipinski definition) is 7. The minimum Gasteiger partial charge on any atom is -0.497 e. The first-order valence-corrected chi connectivity index (χ1v) is 12.9. The van der Waals surface area contributed by atoms with Crippen LogP contribution in [0.2, 0.25) is 0 Å². The number of aliphatic hydroxyl groups is 1. The molecule has 1 N–H and O–H groups in total. The molecule has 0 unspecified atom stereocenters. The van der Waals surface area contributed by atoms with E-state index in [0.29, 0.717) is 17.1 Å². The summed E-state index contributed by atoms with van der Waals surface area (Å²) < 4.78 is 66.3. The number of ether oxygens (including phenoxy) is 6. The average molecular weight is 555 g/mol. The summed E-state index contributed by atoms with van der Waals surface area (Å²) in [7, 11) is 4.40. The van der Waals surface area contributed by atoms with E-state index in [0.717, 1.165) is 0 Å². The zero-order chi connectivity index (χ0) is 28.6. The number of rotatable bonds is 7. The van der Waals surface area contributed by atoms with Gasteiger partial charge in [0.15, 0.2) is 17.8 Å². The van der Waals surface area contributed by atoms with E-state index in [9.17, 15) is 5.11 Å². The Kier molecular flexibility index (Phi) is 7.72. The van der Waals surface area contributed by atoms with E-state index in [1.165, 1.54) is 26.4 Å². The molecule has 4 atom stereocenters. The van der Waals surface area contributed by atoms with E-state index in [4.69, 9.17) is 28.4 Å². The van der Waals surface area contributed by atoms with Crippen LogP contribution in [-0.2, 0) is 9.47 Å². The highest BCUT2D eigenvalue weighted by atomic mass is 19.1. The fraction of sp³-hybridized carbons (Fsp3) is 0.355. The quantitative estimate of drug-likeness (QED) is 0.378. The zero-order valence-corrected chi connectivity index (χ0v) is 22.9. The Morgan fingerprint density at radius 3 is 2.23 bits per heavy atom. The zero-order valence-electron chi connectivity index (χ0n) is 22.9. The van der Waals surface area contributed by atoms with Crippen LogP contribution < -0.4 is 18.9 Å². The summed E-state index contributed by atoms with van der Waals surface area (Å²) >= 11 is 0. The van der Waals surface area contributed by atoms with Crippen LogP contribution in [0.25, 0.3) is 6.08 Å². The van der Waals surface area contributed by atoms with E-state index in [1.54, 1.807) is 55.7 Å². The average Bonchev–Trinajstić information content (AvgIpc) is 2.96. The van der Waals surface area contributed by atoms with Gasteiger partial charge in [0, 0.05) is 28.7 Å². The first-order valence-electron chi connectivity index (χ1n) is 12.9. The lowest BCUT2D eigenvalue weighted by Gasteiger charge is -2.42. The Labute approximate surface area is 231 Å². The van der Waals surface area contributed by atoms with Crippen molar-refractivity contribution in [3.05, 3.63) is 88.5 Å². The smallest absolute Gasteiger partial charge is 0.185 e. The van der Waals surface area contributed by atoms with Gasteiger partial charge in [0.25, 0.3) is 0 Å². The maximum Gasteiger partial charge on any atom is 0.185 e. The summed E-state index contributed by atoms with van der Waals surface area (Å²) in [5, 5.41) is 10.5. The Bertz CT molecular complexity index is 1400. The van der Waals surface area contributed by atoms with E-state index >= 15 is 8.78 Å². The second-order valence-corrected chi connectivity index (χ2v) is 10.2. The summed E-state index contributed by atoms with van der Waals surface area (Å²) in [5.41, 5.74) is 0.591. The van der Waals surface area contributed by atoms with Crippen LogP contribution in [0.1, 0.15) is 54.4 Å². The maximum atomic E-state index is 16.2. The third-order valence-corrected chi connectivity index (χ3v) is 7.23. The van der Waals surface area contributed by atoms with Crippen LogP contribution in [0.3, 0.4) is 0 Å². The third kappa shape index (κ3) is 5.12. The normalized spacial score (nSPS) is 23.2. The molecule has 0 radical (unpaired) electrons. The van der Waals surface area contributed by atoms with Gasteiger partial charge >= 0.3 is 0 Å². The van der Waals surface area contributed by atoms with E-state index in [2.05, 4.69) is 0 Å². The van der Waals surface area contributed by atoms with Crippen LogP contribution in [0.5, 0.6) is 23.0 Å². The highest BCUT2D eigenvalue weighted by molar-refractivity contribution is 5.63. The number of methoxy groups -OCH3 is 3. The highest BCUT2D eigenvalue weighted by Crippen LogP contribution is 2.50. The molecule has 2 aliphatic rings. The molecule has 0 aliphatic carbocycles. The molecule has 212 valence electrons. The van der Waals surface area contributed by atoms with Gasteiger partial charge in [0.05, 0.1) is 45.7 Å². The highest BCUT2D eigenvalue weighted by Gasteiger charge is 2.45. The summed E-state index contributed by atoms with van der Waals surface area (Å²) in [6.07, 6.45) is 0.454. The van der Waals surface area contributed by atoms with Crippen LogP contribution in [0, 0.1) is 11.6 Å². The molecule has 1 fully saturated rings. The molecule has 0 saturated carbocycles. The van der Waals surface area contributed by atoms with Crippen molar-refractivity contribution in [1.29, 1.82) is 0 Å². The molecular weight excluding hydrogens is 522 g/mol. The molecule has 0 spiro atoms. The van der Waals surface area contributed by atoms with E-state index in [-0.39, 0.29) is 28.2 Å². The third-order valence-electron chi connectivity index (χ3n) is 7.23. The topological polar surface area (TPSA) is 75.6 Å². The molecule has 1 saturated heterocycles. The van der Waals surface area contributed by atoms with E-state index < -0.39 is 48.3 Å². The Hall–Kier alpha value is -3.66. The van der Waals surface area contributed by atoms with Crippen molar-refractivity contribution in [3.63, 3.8) is 0 Å². The van der Waals surface area contributed by atoms with Crippen LogP contribution in [0.15, 0.2) is 54.6 Å². The first-order chi connectivity index (χ1) is 19.2. The molecule has 3 aromatic carbocycles. The van der Waals surface area contributed by atoms with Crippen molar-refractivity contribution in [1.82, 2.24) is 0 Å². The van der Waals surface area contributed by atoms with Crippen LogP contribution in [-0.4, -0.2) is 44.7 Å². The van der Waals surface area contributed by atoms with Gasteiger partial charge in [-0.05, 0) is 56.3 Å². The van der Waals surface area contributed by atoms with Gasteiger partial charge < -0.3 is 33.5 Å². The van der Waals surface area contributed by atoms with Gasteiger partial charge in [0.2, 0.25) is 0 Å². The molecular formula is C31H32F2O7. The molecule has 9 heteroatoms. The second kappa shape index (κ2) is 11.1. The number of hydrogen-bond donors (Lipinski definition) is 1. The summed E-state index contributed by atoms with van der Waals surface area (Å²) in [6, 6.07) is 12.9. The summed E-state index contributed by atoms with van der Waals surface area (Å²) in [5.74, 6) is -0.653. The Morgan fingerprint density at radius 1 is 0.875 bits per heavy atom. The molecule has 0 amide bonds. The van der Waals surface area contributed by atoms with Crippen molar-refractivity contribution in [3.8, 4) is 23.0 Å². The van der Waals surface area contributed by atoms with Crippen molar-refractivity contribution in [2.75, 3.05) is 27.9 Å². The first kappa shape index (κ1) is 27.9. The van der Waals surface area contributed by atoms with Gasteiger partial charge in [-0.25, -0.2) is 8.78 Å². The molecule has 2 aliphatic heterocycles. The van der Waals surface area contributed by atoms with Crippen molar-refractivity contribution in [2.45, 2.75) is 43.9 Å². The van der Waals surface area contributed by atoms with Crippen LogP contribution in [0.4, 0.5) is 8.78 Å². The predicted molar refractivity (Wildman–Crippen MR) is 144 cm³/mol. The largest absolute Gasteiger partial charge is 0.497 e. The van der Waals surface area contributed by atoms with Gasteiger partial charge in [-0.1, -0.05) is 12.1 Å². The van der Waals surface area contributed by atoms with Gasteiger partial charge in [-0.3, -0.25) is 0 Å². The molecule has 40 heavy (non-hydrogen) atoms. The Balaban J connectivity index is 1.65. The summed E-state index contributed by atoms with van der Waals surface area (Å²) in [6.45, 7) is 3.27. The lowest BCUT2D eigenvalue weighted by atomic mass is 9.82.